The van der Waals surface area contributed by atoms with E-state index in [2.05, 4.69) is 16.4 Å². The van der Waals surface area contributed by atoms with Crippen LogP contribution in [0.4, 0.5) is 5.69 Å². The third-order valence-electron chi connectivity index (χ3n) is 5.96. The Bertz CT molecular complexity index is 573. The van der Waals surface area contributed by atoms with Gasteiger partial charge in [-0.2, -0.15) is 0 Å². The van der Waals surface area contributed by atoms with Crippen LogP contribution in [0.15, 0.2) is 43.0 Å². The molecule has 1 amide bonds. The van der Waals surface area contributed by atoms with Gasteiger partial charge in [0.05, 0.1) is 6.54 Å². The molecule has 0 atom stereocenters. The maximum absolute atomic E-state index is 12.9. The molecule has 4 heteroatoms. The minimum atomic E-state index is 0.173. The third kappa shape index (κ3) is 6.18. The van der Waals surface area contributed by atoms with Crippen LogP contribution in [0.2, 0.25) is 0 Å². The zero-order valence-corrected chi connectivity index (χ0v) is 16.7. The number of carbonyl (C=O) groups excluding carboxylic acids is 1. The normalized spacial score (nSPS) is 20.1. The first-order valence-corrected chi connectivity index (χ1v) is 10.7. The predicted octanol–water partition coefficient (Wildman–Crippen LogP) is 3.79. The summed E-state index contributed by atoms with van der Waals surface area (Å²) in [7, 11) is 0. The molecular weight excluding hydrogens is 334 g/mol. The molecule has 0 spiro atoms. The van der Waals surface area contributed by atoms with Crippen molar-refractivity contribution in [2.24, 2.45) is 5.92 Å². The van der Waals surface area contributed by atoms with Crippen molar-refractivity contribution in [3.05, 3.63) is 43.0 Å². The number of benzene rings is 1. The molecule has 1 aromatic rings. The van der Waals surface area contributed by atoms with Gasteiger partial charge >= 0.3 is 0 Å². The molecule has 2 aliphatic heterocycles. The average Bonchev–Trinajstić information content (AvgIpc) is 2.97. The molecule has 2 aliphatic rings. The molecule has 0 aromatic heterocycles. The van der Waals surface area contributed by atoms with Crippen LogP contribution in [0.1, 0.15) is 38.5 Å². The Morgan fingerprint density at radius 1 is 1.00 bits per heavy atom. The Labute approximate surface area is 164 Å². The summed E-state index contributed by atoms with van der Waals surface area (Å²) in [6, 6.07) is 9.93. The molecule has 4 nitrogen and oxygen atoms in total. The van der Waals surface area contributed by atoms with Gasteiger partial charge in [0.15, 0.2) is 0 Å². The van der Waals surface area contributed by atoms with Crippen molar-refractivity contribution in [1.29, 1.82) is 0 Å². The van der Waals surface area contributed by atoms with Crippen LogP contribution in [-0.4, -0.2) is 61.5 Å². The first kappa shape index (κ1) is 20.1. The molecule has 0 N–H and O–H groups in total. The van der Waals surface area contributed by atoms with E-state index in [1.54, 1.807) is 6.08 Å². The maximum atomic E-state index is 12.9. The number of amides is 1. The van der Waals surface area contributed by atoms with Crippen LogP contribution in [0.25, 0.3) is 0 Å². The quantitative estimate of drug-likeness (QED) is 0.684. The van der Waals surface area contributed by atoms with Crippen LogP contribution in [0, 0.1) is 5.92 Å². The predicted molar refractivity (Wildman–Crippen MR) is 113 cm³/mol. The number of anilines is 1. The van der Waals surface area contributed by atoms with Gasteiger partial charge in [0.1, 0.15) is 0 Å². The number of rotatable bonds is 7. The lowest BCUT2D eigenvalue weighted by Gasteiger charge is -2.35. The van der Waals surface area contributed by atoms with E-state index in [4.69, 9.17) is 0 Å². The Morgan fingerprint density at radius 2 is 1.67 bits per heavy atom. The van der Waals surface area contributed by atoms with Gasteiger partial charge in [-0.15, -0.1) is 6.58 Å². The topological polar surface area (TPSA) is 26.8 Å². The van der Waals surface area contributed by atoms with E-state index < -0.39 is 0 Å². The Kier molecular flexibility index (Phi) is 7.91. The molecular formula is C23H35N3O. The van der Waals surface area contributed by atoms with E-state index in [9.17, 15) is 4.79 Å². The summed E-state index contributed by atoms with van der Waals surface area (Å²) in [4.78, 5) is 19.7. The third-order valence-corrected chi connectivity index (χ3v) is 5.96. The van der Waals surface area contributed by atoms with Crippen molar-refractivity contribution in [3.63, 3.8) is 0 Å². The van der Waals surface area contributed by atoms with E-state index in [1.807, 2.05) is 35.2 Å². The highest BCUT2D eigenvalue weighted by atomic mass is 16.2. The van der Waals surface area contributed by atoms with Gasteiger partial charge in [0.2, 0.25) is 5.91 Å². The molecule has 148 valence electrons. The summed E-state index contributed by atoms with van der Waals surface area (Å²) >= 11 is 0. The molecule has 2 fully saturated rings. The van der Waals surface area contributed by atoms with Crippen LogP contribution >= 0.6 is 0 Å². The van der Waals surface area contributed by atoms with Gasteiger partial charge in [-0.05, 0) is 69.9 Å². The van der Waals surface area contributed by atoms with Crippen molar-refractivity contribution < 1.29 is 4.79 Å². The lowest BCUT2D eigenvalue weighted by Crippen LogP contribution is -2.45. The SMILES string of the molecule is C=CCN(C(=O)CN1CCC(CN2CCCCCC2)CC1)c1ccccc1. The molecule has 1 aromatic carbocycles. The average molecular weight is 370 g/mol. The Hall–Kier alpha value is -1.65. The monoisotopic (exact) mass is 369 g/mol. The van der Waals surface area contributed by atoms with Crippen molar-refractivity contribution in [2.75, 3.05) is 50.7 Å². The summed E-state index contributed by atoms with van der Waals surface area (Å²) in [5.41, 5.74) is 0.957. The molecule has 0 saturated carbocycles. The molecule has 0 aliphatic carbocycles. The standard InChI is InChI=1S/C23H35N3O/c1-2-14-26(22-10-6-5-7-11-22)23(27)20-25-17-12-21(13-18-25)19-24-15-8-3-4-9-16-24/h2,5-7,10-11,21H,1,3-4,8-9,12-20H2. The minimum absolute atomic E-state index is 0.173. The van der Waals surface area contributed by atoms with Crippen molar-refractivity contribution in [2.45, 2.75) is 38.5 Å². The zero-order valence-electron chi connectivity index (χ0n) is 16.7. The Balaban J connectivity index is 1.46. The van der Waals surface area contributed by atoms with Crippen LogP contribution in [0.3, 0.4) is 0 Å². The summed E-state index contributed by atoms with van der Waals surface area (Å²) < 4.78 is 0. The minimum Gasteiger partial charge on any atom is -0.308 e. The maximum Gasteiger partial charge on any atom is 0.241 e. The molecule has 27 heavy (non-hydrogen) atoms. The highest BCUT2D eigenvalue weighted by molar-refractivity contribution is 5.95. The Morgan fingerprint density at radius 3 is 2.30 bits per heavy atom. The second-order valence-electron chi connectivity index (χ2n) is 8.06. The van der Waals surface area contributed by atoms with Gasteiger partial charge in [-0.3, -0.25) is 9.69 Å². The second-order valence-corrected chi connectivity index (χ2v) is 8.06. The fraction of sp³-hybridized carbons (Fsp3) is 0.609. The summed E-state index contributed by atoms with van der Waals surface area (Å²) in [5.74, 6) is 0.972. The van der Waals surface area contributed by atoms with Gasteiger partial charge in [0.25, 0.3) is 0 Å². The first-order chi connectivity index (χ1) is 13.3. The molecule has 0 unspecified atom stereocenters. The van der Waals surface area contributed by atoms with Crippen LogP contribution in [0.5, 0.6) is 0 Å². The lowest BCUT2D eigenvalue weighted by atomic mass is 9.96. The number of carbonyl (C=O) groups is 1. The molecule has 0 radical (unpaired) electrons. The van der Waals surface area contributed by atoms with Gasteiger partial charge < -0.3 is 9.80 Å². The number of para-hydroxylation sites is 1. The summed E-state index contributed by atoms with van der Waals surface area (Å²) in [5, 5.41) is 0. The summed E-state index contributed by atoms with van der Waals surface area (Å²) in [6.45, 7) is 10.8. The van der Waals surface area contributed by atoms with Crippen molar-refractivity contribution in [3.8, 4) is 0 Å². The first-order valence-electron chi connectivity index (χ1n) is 10.7. The van der Waals surface area contributed by atoms with Gasteiger partial charge in [0, 0.05) is 18.8 Å². The number of piperidine rings is 1. The van der Waals surface area contributed by atoms with E-state index in [-0.39, 0.29) is 5.91 Å². The molecule has 0 bridgehead atoms. The van der Waals surface area contributed by atoms with E-state index in [1.165, 1.54) is 58.2 Å². The molecule has 2 heterocycles. The van der Waals surface area contributed by atoms with Gasteiger partial charge in [-0.1, -0.05) is 37.1 Å². The molecule has 2 saturated heterocycles. The van der Waals surface area contributed by atoms with Gasteiger partial charge in [-0.25, -0.2) is 0 Å². The summed E-state index contributed by atoms with van der Waals surface area (Å²) in [6.07, 6.45) is 9.78. The highest BCUT2D eigenvalue weighted by Gasteiger charge is 2.24. The fourth-order valence-electron chi connectivity index (χ4n) is 4.38. The fourth-order valence-corrected chi connectivity index (χ4v) is 4.38. The van der Waals surface area contributed by atoms with Crippen LogP contribution < -0.4 is 4.90 Å². The van der Waals surface area contributed by atoms with E-state index in [0.29, 0.717) is 13.1 Å². The smallest absolute Gasteiger partial charge is 0.241 e. The molecule has 3 rings (SSSR count). The number of nitrogens with zero attached hydrogens (tertiary/aromatic N) is 3. The lowest BCUT2D eigenvalue weighted by molar-refractivity contribution is -0.120. The zero-order chi connectivity index (χ0) is 18.9. The second kappa shape index (κ2) is 10.6. The van der Waals surface area contributed by atoms with Crippen LogP contribution in [-0.2, 0) is 4.79 Å². The van der Waals surface area contributed by atoms with Crippen molar-refractivity contribution in [1.82, 2.24) is 9.80 Å². The largest absolute Gasteiger partial charge is 0.308 e. The number of hydrogen-bond acceptors (Lipinski definition) is 3. The van der Waals surface area contributed by atoms with E-state index >= 15 is 0 Å². The van der Waals surface area contributed by atoms with Crippen molar-refractivity contribution >= 4 is 11.6 Å². The number of hydrogen-bond donors (Lipinski definition) is 0. The van der Waals surface area contributed by atoms with E-state index in [0.717, 1.165) is 24.7 Å². The highest BCUT2D eigenvalue weighted by Crippen LogP contribution is 2.21. The number of likely N-dealkylation sites (tertiary alicyclic amines) is 2.